The summed E-state index contributed by atoms with van der Waals surface area (Å²) in [5.74, 6) is 6.74. The fourth-order valence-electron chi connectivity index (χ4n) is 3.13. The molecule has 1 atom stereocenters. The summed E-state index contributed by atoms with van der Waals surface area (Å²) in [6.07, 6.45) is 8.60. The van der Waals surface area contributed by atoms with Crippen LogP contribution in [0, 0.1) is 22.7 Å². The fourth-order valence-corrected chi connectivity index (χ4v) is 3.79. The van der Waals surface area contributed by atoms with Crippen molar-refractivity contribution in [3.05, 3.63) is 23.0 Å². The second kappa shape index (κ2) is 11.0. The lowest BCUT2D eigenvalue weighted by atomic mass is 9.85. The van der Waals surface area contributed by atoms with Crippen LogP contribution in [0.15, 0.2) is 23.0 Å². The molecule has 0 radical (unpaired) electrons. The van der Waals surface area contributed by atoms with Gasteiger partial charge in [-0.15, -0.1) is 11.8 Å². The molecule has 0 aromatic heterocycles. The molecule has 0 heterocycles. The van der Waals surface area contributed by atoms with Crippen molar-refractivity contribution < 1.29 is 9.50 Å². The highest BCUT2D eigenvalue weighted by Gasteiger charge is 2.43. The summed E-state index contributed by atoms with van der Waals surface area (Å²) in [6, 6.07) is 1.07. The van der Waals surface area contributed by atoms with E-state index in [1.807, 2.05) is 6.92 Å². The molecule has 1 unspecified atom stereocenters. The molecule has 1 aliphatic carbocycles. The highest BCUT2D eigenvalue weighted by atomic mass is 28.3. The first-order chi connectivity index (χ1) is 13.2. The smallest absolute Gasteiger partial charge is 0.0989 e. The zero-order chi connectivity index (χ0) is 22.3. The van der Waals surface area contributed by atoms with Crippen molar-refractivity contribution in [2.75, 3.05) is 0 Å². The number of hydrogen-bond donors (Lipinski definition) is 1. The lowest BCUT2D eigenvalue weighted by Gasteiger charge is -2.20. The number of aliphatic hydroxyl groups excluding tert-OH is 1. The van der Waals surface area contributed by atoms with Crippen LogP contribution in [0.3, 0.4) is 0 Å². The van der Waals surface area contributed by atoms with Gasteiger partial charge < -0.3 is 5.11 Å². The minimum absolute atomic E-state index is 0.0286. The van der Waals surface area contributed by atoms with Crippen molar-refractivity contribution in [3.63, 3.8) is 0 Å². The maximum Gasteiger partial charge on any atom is 0.0989 e. The molecule has 1 aliphatic rings. The van der Waals surface area contributed by atoms with E-state index in [1.54, 1.807) is 0 Å². The van der Waals surface area contributed by atoms with Gasteiger partial charge in [0.05, 0.1) is 20.0 Å². The minimum atomic E-state index is -1.07. The van der Waals surface area contributed by atoms with E-state index in [0.717, 1.165) is 50.1 Å². The number of hydrogen-bond acceptors (Lipinski definition) is 1. The SMILES string of the molecule is C/C(=C/CC(C)(C)CC#CC[Si](C)(C)C)CC/C(C)=C(\F)CCC(O)C1(C)CC1. The fraction of sp³-hybridized carbons (Fsp3) is 0.769. The van der Waals surface area contributed by atoms with E-state index in [0.29, 0.717) is 12.8 Å². The summed E-state index contributed by atoms with van der Waals surface area (Å²) in [5, 5.41) is 10.2. The van der Waals surface area contributed by atoms with Crippen LogP contribution in [0.25, 0.3) is 0 Å². The van der Waals surface area contributed by atoms with Gasteiger partial charge in [-0.05, 0) is 68.8 Å². The van der Waals surface area contributed by atoms with Crippen LogP contribution in [0.2, 0.25) is 25.7 Å². The van der Waals surface area contributed by atoms with Gasteiger partial charge >= 0.3 is 0 Å². The highest BCUT2D eigenvalue weighted by molar-refractivity contribution is 6.76. The van der Waals surface area contributed by atoms with Crippen molar-refractivity contribution in [1.82, 2.24) is 0 Å². The lowest BCUT2D eigenvalue weighted by molar-refractivity contribution is 0.0929. The van der Waals surface area contributed by atoms with Crippen molar-refractivity contribution in [2.24, 2.45) is 10.8 Å². The summed E-state index contributed by atoms with van der Waals surface area (Å²) in [6.45, 7) is 17.8. The van der Waals surface area contributed by atoms with Crippen LogP contribution in [0.1, 0.15) is 86.0 Å². The molecule has 0 saturated heterocycles. The normalized spacial score (nSPS) is 18.6. The summed E-state index contributed by atoms with van der Waals surface area (Å²) in [7, 11) is -1.07. The summed E-state index contributed by atoms with van der Waals surface area (Å²) >= 11 is 0. The van der Waals surface area contributed by atoms with Crippen LogP contribution in [0.4, 0.5) is 4.39 Å². The zero-order valence-corrected chi connectivity index (χ0v) is 21.3. The van der Waals surface area contributed by atoms with Gasteiger partial charge in [-0.25, -0.2) is 4.39 Å². The first-order valence-corrected chi connectivity index (χ1v) is 15.1. The molecule has 0 aliphatic heterocycles. The third kappa shape index (κ3) is 11.2. The molecular formula is C26H45FOSi. The number of allylic oxidation sites excluding steroid dienone is 4. The van der Waals surface area contributed by atoms with Crippen LogP contribution in [-0.4, -0.2) is 19.3 Å². The van der Waals surface area contributed by atoms with Gasteiger partial charge in [-0.3, -0.25) is 0 Å². The summed E-state index contributed by atoms with van der Waals surface area (Å²) in [5.41, 5.74) is 2.39. The minimum Gasteiger partial charge on any atom is -0.393 e. The topological polar surface area (TPSA) is 20.2 Å². The predicted octanol–water partition coefficient (Wildman–Crippen LogP) is 8.05. The molecule has 1 nitrogen and oxygen atoms in total. The number of halogens is 1. The van der Waals surface area contributed by atoms with E-state index in [-0.39, 0.29) is 22.8 Å². The molecule has 29 heavy (non-hydrogen) atoms. The Morgan fingerprint density at radius 3 is 2.31 bits per heavy atom. The second-order valence-electron chi connectivity index (χ2n) is 11.6. The van der Waals surface area contributed by atoms with E-state index in [1.165, 1.54) is 5.57 Å². The highest BCUT2D eigenvalue weighted by Crippen LogP contribution is 2.49. The lowest BCUT2D eigenvalue weighted by Crippen LogP contribution is -2.18. The Kier molecular flexibility index (Phi) is 9.90. The molecule has 1 saturated carbocycles. The van der Waals surface area contributed by atoms with E-state index in [9.17, 15) is 9.50 Å². The van der Waals surface area contributed by atoms with Crippen molar-refractivity contribution in [2.45, 2.75) is 118 Å². The molecule has 0 spiro atoms. The molecule has 3 heteroatoms. The zero-order valence-electron chi connectivity index (χ0n) is 20.3. The first-order valence-electron chi connectivity index (χ1n) is 11.4. The van der Waals surface area contributed by atoms with Gasteiger partial charge in [0.25, 0.3) is 0 Å². The third-order valence-corrected chi connectivity index (χ3v) is 7.39. The molecule has 0 amide bonds. The van der Waals surface area contributed by atoms with Gasteiger partial charge in [0.15, 0.2) is 0 Å². The van der Waals surface area contributed by atoms with E-state index >= 15 is 0 Å². The third-order valence-electron chi connectivity index (χ3n) is 6.15. The first kappa shape index (κ1) is 26.2. The van der Waals surface area contributed by atoms with E-state index < -0.39 is 8.07 Å². The molecule has 166 valence electrons. The number of rotatable bonds is 11. The predicted molar refractivity (Wildman–Crippen MR) is 128 cm³/mol. The van der Waals surface area contributed by atoms with Crippen LogP contribution >= 0.6 is 0 Å². The van der Waals surface area contributed by atoms with Gasteiger partial charge in [0, 0.05) is 18.9 Å². The monoisotopic (exact) mass is 420 g/mol. The van der Waals surface area contributed by atoms with Gasteiger partial charge in [0.2, 0.25) is 0 Å². The molecular weight excluding hydrogens is 375 g/mol. The number of aliphatic hydroxyl groups is 1. The largest absolute Gasteiger partial charge is 0.393 e. The average Bonchev–Trinajstić information content (AvgIpc) is 3.37. The molecule has 1 fully saturated rings. The molecule has 1 rings (SSSR count). The van der Waals surface area contributed by atoms with Crippen molar-refractivity contribution in [3.8, 4) is 11.8 Å². The molecule has 0 aromatic carbocycles. The Morgan fingerprint density at radius 2 is 1.76 bits per heavy atom. The van der Waals surface area contributed by atoms with Crippen LogP contribution in [0.5, 0.6) is 0 Å². The van der Waals surface area contributed by atoms with Gasteiger partial charge in [-0.1, -0.05) is 52.1 Å². The second-order valence-corrected chi connectivity index (χ2v) is 17.1. The molecule has 0 bridgehead atoms. The van der Waals surface area contributed by atoms with Gasteiger partial charge in [-0.2, -0.15) is 0 Å². The summed E-state index contributed by atoms with van der Waals surface area (Å²) in [4.78, 5) is 0. The van der Waals surface area contributed by atoms with Gasteiger partial charge in [0.1, 0.15) is 0 Å². The quantitative estimate of drug-likeness (QED) is 0.204. The molecule has 0 aromatic rings. The Hall–Kier alpha value is -0.853. The Bertz CT molecular complexity index is 650. The van der Waals surface area contributed by atoms with Crippen molar-refractivity contribution in [1.29, 1.82) is 0 Å². The standard InChI is InChI=1S/C26H45FOSi/c1-21(15-17-25(3,4)16-9-10-20-29(6,7)8)11-12-22(2)23(27)13-14-24(28)26(5)18-19-26/h15,24,28H,11-14,16-20H2,1-8H3/b21-15-,23-22-. The van der Waals surface area contributed by atoms with E-state index in [2.05, 4.69) is 65.3 Å². The maximum absolute atomic E-state index is 14.4. The van der Waals surface area contributed by atoms with Crippen LogP contribution in [-0.2, 0) is 0 Å². The Balaban J connectivity index is 2.40. The Morgan fingerprint density at radius 1 is 1.14 bits per heavy atom. The summed E-state index contributed by atoms with van der Waals surface area (Å²) < 4.78 is 14.4. The van der Waals surface area contributed by atoms with Crippen LogP contribution < -0.4 is 0 Å². The maximum atomic E-state index is 14.4. The molecule has 1 N–H and O–H groups in total. The van der Waals surface area contributed by atoms with E-state index in [4.69, 9.17) is 0 Å². The Labute approximate surface area is 181 Å². The van der Waals surface area contributed by atoms with Crippen molar-refractivity contribution >= 4 is 8.07 Å². The average molecular weight is 421 g/mol.